The number of hydrogen-bond acceptors (Lipinski definition) is 3. The number of nitrogens with one attached hydrogen (secondary N) is 1. The highest BCUT2D eigenvalue weighted by Crippen LogP contribution is 2.25. The Balaban J connectivity index is 2.18. The number of anilines is 2. The molecule has 1 aromatic heterocycles. The minimum absolute atomic E-state index is 0.223. The van der Waals surface area contributed by atoms with E-state index in [4.69, 9.17) is 10.2 Å². The molecule has 1 aromatic carbocycles. The van der Waals surface area contributed by atoms with Gasteiger partial charge in [-0.1, -0.05) is 0 Å². The first-order valence-electron chi connectivity index (χ1n) is 4.55. The molecule has 1 amide bonds. The van der Waals surface area contributed by atoms with Crippen LogP contribution in [0.3, 0.4) is 0 Å². The molecule has 82 valence electrons. The number of carbonyl (C=O) groups is 1. The summed E-state index contributed by atoms with van der Waals surface area (Å²) in [4.78, 5) is 11.7. The van der Waals surface area contributed by atoms with Crippen LogP contribution in [0.15, 0.2) is 45.7 Å². The van der Waals surface area contributed by atoms with E-state index in [1.807, 2.05) is 0 Å². The van der Waals surface area contributed by atoms with Crippen LogP contribution in [0.1, 0.15) is 10.4 Å². The molecule has 0 radical (unpaired) electrons. The third-order valence-electron chi connectivity index (χ3n) is 2.02. The fraction of sp³-hybridized carbons (Fsp3) is 0. The van der Waals surface area contributed by atoms with Crippen LogP contribution in [0.2, 0.25) is 0 Å². The highest BCUT2D eigenvalue weighted by Gasteiger charge is 2.09. The Morgan fingerprint density at radius 1 is 1.38 bits per heavy atom. The molecular formula is C11H9BrN2O2. The van der Waals surface area contributed by atoms with E-state index in [1.165, 1.54) is 12.5 Å². The lowest BCUT2D eigenvalue weighted by molar-refractivity contribution is 0.102. The van der Waals surface area contributed by atoms with Crippen LogP contribution < -0.4 is 11.1 Å². The Morgan fingerprint density at radius 3 is 2.81 bits per heavy atom. The van der Waals surface area contributed by atoms with Crippen molar-refractivity contribution in [2.24, 2.45) is 0 Å². The van der Waals surface area contributed by atoms with Crippen LogP contribution in [-0.2, 0) is 0 Å². The first kappa shape index (κ1) is 10.8. The standard InChI is InChI=1S/C11H9BrN2O2/c12-9-5-8(13)1-2-10(9)14-11(15)7-3-4-16-6-7/h1-6H,13H2,(H,14,15). The third kappa shape index (κ3) is 2.25. The number of hydrogen-bond donors (Lipinski definition) is 2. The summed E-state index contributed by atoms with van der Waals surface area (Å²) in [6.07, 6.45) is 2.84. The van der Waals surface area contributed by atoms with Gasteiger partial charge in [0.15, 0.2) is 0 Å². The Morgan fingerprint density at radius 2 is 2.19 bits per heavy atom. The van der Waals surface area contributed by atoms with E-state index >= 15 is 0 Å². The largest absolute Gasteiger partial charge is 0.472 e. The van der Waals surface area contributed by atoms with E-state index in [0.29, 0.717) is 16.9 Å². The van der Waals surface area contributed by atoms with E-state index in [0.717, 1.165) is 4.47 Å². The van der Waals surface area contributed by atoms with E-state index in [1.54, 1.807) is 24.3 Å². The Labute approximate surface area is 101 Å². The summed E-state index contributed by atoms with van der Waals surface area (Å²) in [6, 6.07) is 6.78. The Bertz CT molecular complexity index is 509. The van der Waals surface area contributed by atoms with Crippen molar-refractivity contribution >= 4 is 33.2 Å². The van der Waals surface area contributed by atoms with Gasteiger partial charge in [-0.05, 0) is 40.2 Å². The summed E-state index contributed by atoms with van der Waals surface area (Å²) in [5, 5.41) is 2.74. The van der Waals surface area contributed by atoms with Crippen LogP contribution in [-0.4, -0.2) is 5.91 Å². The van der Waals surface area contributed by atoms with Crippen molar-refractivity contribution in [3.8, 4) is 0 Å². The van der Waals surface area contributed by atoms with Crippen molar-refractivity contribution < 1.29 is 9.21 Å². The average Bonchev–Trinajstić information content (AvgIpc) is 2.75. The molecule has 0 aliphatic heterocycles. The molecule has 4 nitrogen and oxygen atoms in total. The van der Waals surface area contributed by atoms with Crippen molar-refractivity contribution in [1.29, 1.82) is 0 Å². The van der Waals surface area contributed by atoms with Crippen LogP contribution in [0.4, 0.5) is 11.4 Å². The number of furan rings is 1. The number of carbonyl (C=O) groups excluding carboxylic acids is 1. The van der Waals surface area contributed by atoms with Gasteiger partial charge in [0.25, 0.3) is 5.91 Å². The van der Waals surface area contributed by atoms with Gasteiger partial charge in [-0.2, -0.15) is 0 Å². The highest BCUT2D eigenvalue weighted by molar-refractivity contribution is 9.10. The third-order valence-corrected chi connectivity index (χ3v) is 2.68. The zero-order valence-electron chi connectivity index (χ0n) is 8.24. The van der Waals surface area contributed by atoms with Gasteiger partial charge < -0.3 is 15.5 Å². The maximum Gasteiger partial charge on any atom is 0.258 e. The number of nitrogens with two attached hydrogens (primary N) is 1. The first-order chi connectivity index (χ1) is 7.66. The average molecular weight is 281 g/mol. The fourth-order valence-electron chi connectivity index (χ4n) is 1.22. The molecule has 5 heteroatoms. The minimum atomic E-state index is -0.223. The van der Waals surface area contributed by atoms with Gasteiger partial charge >= 0.3 is 0 Å². The molecule has 0 saturated heterocycles. The predicted octanol–water partition coefficient (Wildman–Crippen LogP) is 2.88. The number of amides is 1. The maximum absolute atomic E-state index is 11.7. The quantitative estimate of drug-likeness (QED) is 0.832. The topological polar surface area (TPSA) is 68.3 Å². The SMILES string of the molecule is Nc1ccc(NC(=O)c2ccoc2)c(Br)c1. The summed E-state index contributed by atoms with van der Waals surface area (Å²) in [6.45, 7) is 0. The van der Waals surface area contributed by atoms with Gasteiger partial charge in [0.1, 0.15) is 6.26 Å². The second-order valence-electron chi connectivity index (χ2n) is 3.21. The van der Waals surface area contributed by atoms with Crippen molar-refractivity contribution in [2.75, 3.05) is 11.1 Å². The molecule has 0 bridgehead atoms. The van der Waals surface area contributed by atoms with Gasteiger partial charge in [0, 0.05) is 10.2 Å². The molecule has 1 heterocycles. The summed E-state index contributed by atoms with van der Waals surface area (Å²) in [5.41, 5.74) is 7.37. The number of benzene rings is 1. The molecule has 0 unspecified atom stereocenters. The van der Waals surface area contributed by atoms with E-state index in [9.17, 15) is 4.79 Å². The monoisotopic (exact) mass is 280 g/mol. The van der Waals surface area contributed by atoms with Crippen molar-refractivity contribution in [3.63, 3.8) is 0 Å². The molecule has 3 N–H and O–H groups in total. The molecule has 0 spiro atoms. The Kier molecular flexibility index (Phi) is 2.96. The van der Waals surface area contributed by atoms with Crippen LogP contribution >= 0.6 is 15.9 Å². The Hall–Kier alpha value is -1.75. The normalized spacial score (nSPS) is 10.1. The van der Waals surface area contributed by atoms with Gasteiger partial charge in [-0.15, -0.1) is 0 Å². The fourth-order valence-corrected chi connectivity index (χ4v) is 1.72. The first-order valence-corrected chi connectivity index (χ1v) is 5.34. The number of nitrogen functional groups attached to an aromatic ring is 1. The molecule has 0 saturated carbocycles. The smallest absolute Gasteiger partial charge is 0.258 e. The summed E-state index contributed by atoms with van der Waals surface area (Å²) in [7, 11) is 0. The molecule has 0 aliphatic rings. The van der Waals surface area contributed by atoms with Crippen molar-refractivity contribution in [2.45, 2.75) is 0 Å². The van der Waals surface area contributed by atoms with E-state index < -0.39 is 0 Å². The number of halogens is 1. The van der Waals surface area contributed by atoms with Crippen LogP contribution in [0.5, 0.6) is 0 Å². The van der Waals surface area contributed by atoms with Crippen LogP contribution in [0.25, 0.3) is 0 Å². The minimum Gasteiger partial charge on any atom is -0.472 e. The lowest BCUT2D eigenvalue weighted by atomic mass is 10.2. The maximum atomic E-state index is 11.7. The van der Waals surface area contributed by atoms with Gasteiger partial charge in [-0.25, -0.2) is 0 Å². The molecule has 0 atom stereocenters. The van der Waals surface area contributed by atoms with E-state index in [-0.39, 0.29) is 5.91 Å². The van der Waals surface area contributed by atoms with Gasteiger partial charge in [0.05, 0.1) is 17.5 Å². The highest BCUT2D eigenvalue weighted by atomic mass is 79.9. The zero-order valence-corrected chi connectivity index (χ0v) is 9.82. The van der Waals surface area contributed by atoms with Crippen LogP contribution in [0, 0.1) is 0 Å². The summed E-state index contributed by atoms with van der Waals surface area (Å²) in [5.74, 6) is -0.223. The lowest BCUT2D eigenvalue weighted by Gasteiger charge is -2.06. The zero-order chi connectivity index (χ0) is 11.5. The van der Waals surface area contributed by atoms with Gasteiger partial charge in [0.2, 0.25) is 0 Å². The molecule has 2 aromatic rings. The summed E-state index contributed by atoms with van der Waals surface area (Å²) >= 11 is 3.32. The second-order valence-corrected chi connectivity index (χ2v) is 4.06. The van der Waals surface area contributed by atoms with Crippen molar-refractivity contribution in [3.05, 3.63) is 46.8 Å². The van der Waals surface area contributed by atoms with Crippen molar-refractivity contribution in [1.82, 2.24) is 0 Å². The summed E-state index contributed by atoms with van der Waals surface area (Å²) < 4.78 is 5.57. The molecule has 2 rings (SSSR count). The van der Waals surface area contributed by atoms with E-state index in [2.05, 4.69) is 21.2 Å². The predicted molar refractivity (Wildman–Crippen MR) is 65.2 cm³/mol. The molecule has 0 aliphatic carbocycles. The second kappa shape index (κ2) is 4.40. The lowest BCUT2D eigenvalue weighted by Crippen LogP contribution is -2.11. The molecule has 16 heavy (non-hydrogen) atoms. The molecular weight excluding hydrogens is 272 g/mol. The number of rotatable bonds is 2. The molecule has 0 fully saturated rings. The van der Waals surface area contributed by atoms with Gasteiger partial charge in [-0.3, -0.25) is 4.79 Å².